The number of H-pyrrole nitrogens is 1. The van der Waals surface area contributed by atoms with Gasteiger partial charge in [-0.05, 0) is 31.9 Å². The van der Waals surface area contributed by atoms with Crippen molar-refractivity contribution in [3.05, 3.63) is 21.4 Å². The third-order valence-electron chi connectivity index (χ3n) is 3.59. The molecule has 1 aliphatic heterocycles. The molecule has 0 bridgehead atoms. The van der Waals surface area contributed by atoms with Gasteiger partial charge in [-0.1, -0.05) is 23.2 Å². The van der Waals surface area contributed by atoms with Crippen LogP contribution in [0.4, 0.5) is 0 Å². The molecule has 0 saturated carbocycles. The minimum Gasteiger partial charge on any atom is -0.352 e. The van der Waals surface area contributed by atoms with E-state index in [0.717, 1.165) is 25.3 Å². The number of thioether (sulfide) groups is 1. The number of nitrogens with one attached hydrogen (secondary N) is 3. The summed E-state index contributed by atoms with van der Waals surface area (Å²) in [5, 5.41) is 7.17. The quantitative estimate of drug-likeness (QED) is 0.761. The molecule has 1 aromatic heterocycles. The molecule has 1 aliphatic rings. The molecule has 1 saturated heterocycles. The molecule has 3 N–H and O–H groups in total. The van der Waals surface area contributed by atoms with Crippen molar-refractivity contribution in [3.8, 4) is 0 Å². The molecule has 1 aromatic rings. The summed E-state index contributed by atoms with van der Waals surface area (Å²) in [6, 6.07) is 0.176. The first kappa shape index (κ1) is 19.0. The molecular weight excluding hydrogens is 353 g/mol. The first-order valence-electron chi connectivity index (χ1n) is 6.58. The number of aromatic amines is 1. The van der Waals surface area contributed by atoms with Crippen molar-refractivity contribution < 1.29 is 4.79 Å². The van der Waals surface area contributed by atoms with Crippen molar-refractivity contribution in [1.82, 2.24) is 15.6 Å². The molecule has 0 spiro atoms. The van der Waals surface area contributed by atoms with Crippen LogP contribution in [0.2, 0.25) is 10.0 Å². The maximum Gasteiger partial charge on any atom is 0.269 e. The molecule has 21 heavy (non-hydrogen) atoms. The van der Waals surface area contributed by atoms with Gasteiger partial charge in [0.2, 0.25) is 0 Å². The van der Waals surface area contributed by atoms with Gasteiger partial charge >= 0.3 is 0 Å². The lowest BCUT2D eigenvalue weighted by atomic mass is 9.95. The molecule has 0 aromatic carbocycles. The van der Waals surface area contributed by atoms with Gasteiger partial charge in [0.25, 0.3) is 5.91 Å². The Balaban J connectivity index is 0.00000220. The van der Waals surface area contributed by atoms with Gasteiger partial charge in [0.05, 0.1) is 10.0 Å². The summed E-state index contributed by atoms with van der Waals surface area (Å²) in [6.45, 7) is 3.66. The van der Waals surface area contributed by atoms with Crippen LogP contribution >= 0.6 is 47.4 Å². The van der Waals surface area contributed by atoms with Gasteiger partial charge in [-0.25, -0.2) is 0 Å². The number of rotatable bonds is 4. The highest BCUT2D eigenvalue weighted by Crippen LogP contribution is 2.29. The Morgan fingerprint density at radius 2 is 2.14 bits per heavy atom. The second kappa shape index (κ2) is 8.53. The number of aromatic nitrogens is 1. The number of hydrogen-bond acceptors (Lipinski definition) is 3. The molecule has 2 unspecified atom stereocenters. The van der Waals surface area contributed by atoms with Crippen LogP contribution in [0.1, 0.15) is 22.6 Å². The SMILES string of the molecule is CSCC1CNCCC1NC(=O)c1[nH]c(C)c(Cl)c1Cl.Cl. The number of halogens is 3. The third-order valence-corrected chi connectivity index (χ3v) is 5.29. The van der Waals surface area contributed by atoms with Crippen LogP contribution in [0.25, 0.3) is 0 Å². The van der Waals surface area contributed by atoms with Crippen molar-refractivity contribution in [2.75, 3.05) is 25.1 Å². The number of amides is 1. The standard InChI is InChI=1S/C13H19Cl2N3OS.ClH/c1-7-10(14)11(15)12(17-7)13(19)18-9-3-4-16-5-8(9)6-20-2;/h8-9,16-17H,3-6H2,1-2H3,(H,18,19);1H. The number of carbonyl (C=O) groups is 1. The van der Waals surface area contributed by atoms with Crippen molar-refractivity contribution >= 4 is 53.3 Å². The van der Waals surface area contributed by atoms with E-state index in [1.165, 1.54) is 0 Å². The fourth-order valence-electron chi connectivity index (χ4n) is 2.47. The summed E-state index contributed by atoms with van der Waals surface area (Å²) >= 11 is 13.9. The Morgan fingerprint density at radius 1 is 1.43 bits per heavy atom. The van der Waals surface area contributed by atoms with Crippen LogP contribution in [0.15, 0.2) is 0 Å². The number of carbonyl (C=O) groups excluding carboxylic acids is 1. The minimum absolute atomic E-state index is 0. The Labute approximate surface area is 145 Å². The Morgan fingerprint density at radius 3 is 2.71 bits per heavy atom. The van der Waals surface area contributed by atoms with Crippen molar-refractivity contribution in [1.29, 1.82) is 0 Å². The molecule has 0 aliphatic carbocycles. The van der Waals surface area contributed by atoms with Gasteiger partial charge in [-0.3, -0.25) is 4.79 Å². The van der Waals surface area contributed by atoms with E-state index in [-0.39, 0.29) is 24.4 Å². The summed E-state index contributed by atoms with van der Waals surface area (Å²) in [6.07, 6.45) is 3.01. The largest absolute Gasteiger partial charge is 0.352 e. The summed E-state index contributed by atoms with van der Waals surface area (Å²) in [5.41, 5.74) is 1.07. The smallest absolute Gasteiger partial charge is 0.269 e. The van der Waals surface area contributed by atoms with Gasteiger partial charge < -0.3 is 15.6 Å². The summed E-state index contributed by atoms with van der Waals surface area (Å²) < 4.78 is 0. The summed E-state index contributed by atoms with van der Waals surface area (Å²) in [5.74, 6) is 1.28. The van der Waals surface area contributed by atoms with E-state index in [1.54, 1.807) is 18.7 Å². The maximum absolute atomic E-state index is 12.3. The van der Waals surface area contributed by atoms with Gasteiger partial charge in [0, 0.05) is 24.2 Å². The zero-order valence-corrected chi connectivity index (χ0v) is 15.1. The lowest BCUT2D eigenvalue weighted by molar-refractivity contribution is 0.0910. The molecule has 2 heterocycles. The van der Waals surface area contributed by atoms with Crippen molar-refractivity contribution in [3.63, 3.8) is 0 Å². The van der Waals surface area contributed by atoms with Gasteiger partial charge in [0.15, 0.2) is 0 Å². The zero-order chi connectivity index (χ0) is 14.7. The fourth-order valence-corrected chi connectivity index (χ4v) is 3.67. The molecule has 120 valence electrons. The van der Waals surface area contributed by atoms with E-state index >= 15 is 0 Å². The molecular formula is C13H20Cl3N3OS. The first-order chi connectivity index (χ1) is 9.54. The Bertz CT molecular complexity index is 493. The monoisotopic (exact) mass is 371 g/mol. The molecule has 1 amide bonds. The lowest BCUT2D eigenvalue weighted by Gasteiger charge is -2.32. The van der Waals surface area contributed by atoms with Crippen LogP contribution in [-0.4, -0.2) is 42.0 Å². The van der Waals surface area contributed by atoms with E-state index < -0.39 is 0 Å². The van der Waals surface area contributed by atoms with E-state index in [9.17, 15) is 4.79 Å². The number of piperidine rings is 1. The molecule has 0 radical (unpaired) electrons. The predicted molar refractivity (Wildman–Crippen MR) is 93.4 cm³/mol. The van der Waals surface area contributed by atoms with Crippen LogP contribution in [0.5, 0.6) is 0 Å². The molecule has 4 nitrogen and oxygen atoms in total. The fraction of sp³-hybridized carbons (Fsp3) is 0.615. The number of aryl methyl sites for hydroxylation is 1. The second-order valence-electron chi connectivity index (χ2n) is 5.04. The van der Waals surface area contributed by atoms with Gasteiger partial charge in [-0.2, -0.15) is 11.8 Å². The van der Waals surface area contributed by atoms with Gasteiger partial charge in [0.1, 0.15) is 5.69 Å². The van der Waals surface area contributed by atoms with Crippen molar-refractivity contribution in [2.45, 2.75) is 19.4 Å². The molecule has 2 atom stereocenters. The molecule has 8 heteroatoms. The van der Waals surface area contributed by atoms with E-state index in [0.29, 0.717) is 27.4 Å². The minimum atomic E-state index is -0.178. The highest BCUT2D eigenvalue weighted by molar-refractivity contribution is 7.98. The predicted octanol–water partition coefficient (Wildman–Crippen LogP) is 3.12. The van der Waals surface area contributed by atoms with Crippen LogP contribution in [0, 0.1) is 12.8 Å². The third kappa shape index (κ3) is 4.45. The van der Waals surface area contributed by atoms with E-state index in [2.05, 4.69) is 21.9 Å². The van der Waals surface area contributed by atoms with E-state index in [4.69, 9.17) is 23.2 Å². The van der Waals surface area contributed by atoms with Crippen molar-refractivity contribution in [2.24, 2.45) is 5.92 Å². The summed E-state index contributed by atoms with van der Waals surface area (Å²) in [4.78, 5) is 15.3. The van der Waals surface area contributed by atoms with Crippen LogP contribution in [0.3, 0.4) is 0 Å². The van der Waals surface area contributed by atoms with Crippen LogP contribution < -0.4 is 10.6 Å². The topological polar surface area (TPSA) is 56.9 Å². The number of hydrogen-bond donors (Lipinski definition) is 3. The van der Waals surface area contributed by atoms with Gasteiger partial charge in [-0.15, -0.1) is 12.4 Å². The summed E-state index contributed by atoms with van der Waals surface area (Å²) in [7, 11) is 0. The second-order valence-corrected chi connectivity index (χ2v) is 6.71. The molecule has 2 rings (SSSR count). The normalized spacial score (nSPS) is 21.7. The molecule has 1 fully saturated rings. The highest BCUT2D eigenvalue weighted by Gasteiger charge is 2.28. The highest BCUT2D eigenvalue weighted by atomic mass is 35.5. The first-order valence-corrected chi connectivity index (χ1v) is 8.73. The van der Waals surface area contributed by atoms with E-state index in [1.807, 2.05) is 0 Å². The average molecular weight is 373 g/mol. The Hall–Kier alpha value is -0.0700. The Kier molecular flexibility index (Phi) is 7.71. The lowest BCUT2D eigenvalue weighted by Crippen LogP contribution is -2.50. The van der Waals surface area contributed by atoms with Crippen LogP contribution in [-0.2, 0) is 0 Å². The maximum atomic E-state index is 12.3. The average Bonchev–Trinajstić information content (AvgIpc) is 2.69. The zero-order valence-electron chi connectivity index (χ0n) is 12.0.